The van der Waals surface area contributed by atoms with Gasteiger partial charge in [-0.3, -0.25) is 4.79 Å². The number of carbonyl (C=O) groups is 3. The molecule has 0 fully saturated rings. The lowest BCUT2D eigenvalue weighted by Crippen LogP contribution is -2.50. The van der Waals surface area contributed by atoms with Crippen LogP contribution < -0.4 is 10.6 Å². The molecule has 0 unspecified atom stereocenters. The van der Waals surface area contributed by atoms with E-state index in [1.807, 2.05) is 13.8 Å². The van der Waals surface area contributed by atoms with Crippen molar-refractivity contribution in [1.29, 1.82) is 0 Å². The topological polar surface area (TPSA) is 93.7 Å². The summed E-state index contributed by atoms with van der Waals surface area (Å²) in [6.45, 7) is 7.15. The van der Waals surface area contributed by atoms with E-state index in [0.29, 0.717) is 5.02 Å². The maximum Gasteiger partial charge on any atom is 0.338 e. The zero-order valence-electron chi connectivity index (χ0n) is 16.4. The molecule has 0 bridgehead atoms. The molecular formula is C20H25ClN2O5. The van der Waals surface area contributed by atoms with Gasteiger partial charge < -0.3 is 20.1 Å². The Bertz CT molecular complexity index is 773. The lowest BCUT2D eigenvalue weighted by Gasteiger charge is -2.27. The van der Waals surface area contributed by atoms with Crippen LogP contribution in [0.25, 0.3) is 0 Å². The van der Waals surface area contributed by atoms with Crippen LogP contribution in [-0.4, -0.2) is 37.2 Å². The smallest absolute Gasteiger partial charge is 0.338 e. The molecule has 0 saturated heterocycles. The molecule has 0 aliphatic carbocycles. The highest BCUT2D eigenvalue weighted by Gasteiger charge is 2.31. The Morgan fingerprint density at radius 3 is 2.39 bits per heavy atom. The zero-order valence-corrected chi connectivity index (χ0v) is 17.1. The maximum absolute atomic E-state index is 12.8. The predicted octanol–water partition coefficient (Wildman–Crippen LogP) is 3.14. The quantitative estimate of drug-likeness (QED) is 0.676. The Morgan fingerprint density at radius 2 is 1.82 bits per heavy atom. The van der Waals surface area contributed by atoms with E-state index in [1.165, 1.54) is 0 Å². The minimum Gasteiger partial charge on any atom is -0.463 e. The Balaban J connectivity index is 2.21. The standard InChI is InChI=1S/C20H25ClN2O5/c1-5-27-19(25)17-12(4)22-20(26)23-15(17)10-28-18(24)16(11(2)3)13-6-8-14(21)9-7-13/h6-9,11-12,16H,5,10H2,1-4H3,(H2,22,23,26)/t12-,16-/m1/s1. The van der Waals surface area contributed by atoms with Gasteiger partial charge >= 0.3 is 18.0 Å². The molecule has 0 aromatic heterocycles. The molecule has 0 radical (unpaired) electrons. The molecule has 0 spiro atoms. The predicted molar refractivity (Wildman–Crippen MR) is 105 cm³/mol. The first-order valence-corrected chi connectivity index (χ1v) is 9.52. The van der Waals surface area contributed by atoms with Crippen molar-refractivity contribution in [2.45, 2.75) is 39.7 Å². The molecule has 1 aromatic carbocycles. The largest absolute Gasteiger partial charge is 0.463 e. The summed E-state index contributed by atoms with van der Waals surface area (Å²) in [5, 5.41) is 5.72. The van der Waals surface area contributed by atoms with E-state index in [-0.39, 0.29) is 30.4 Å². The second-order valence-corrected chi connectivity index (χ2v) is 7.25. The Labute approximate surface area is 169 Å². The molecule has 1 aliphatic rings. The third-order valence-corrected chi connectivity index (χ3v) is 4.63. The van der Waals surface area contributed by atoms with Crippen molar-refractivity contribution in [3.8, 4) is 0 Å². The van der Waals surface area contributed by atoms with Crippen LogP contribution >= 0.6 is 11.6 Å². The number of esters is 2. The third kappa shape index (κ3) is 5.25. The van der Waals surface area contributed by atoms with E-state index in [4.69, 9.17) is 21.1 Å². The van der Waals surface area contributed by atoms with Gasteiger partial charge in [-0.1, -0.05) is 37.6 Å². The molecule has 1 heterocycles. The Morgan fingerprint density at radius 1 is 1.18 bits per heavy atom. The summed E-state index contributed by atoms with van der Waals surface area (Å²) in [7, 11) is 0. The van der Waals surface area contributed by atoms with Gasteiger partial charge in [0.25, 0.3) is 0 Å². The van der Waals surface area contributed by atoms with Gasteiger partial charge in [0.1, 0.15) is 6.61 Å². The van der Waals surface area contributed by atoms with Gasteiger partial charge in [-0.25, -0.2) is 9.59 Å². The third-order valence-electron chi connectivity index (χ3n) is 4.37. The number of hydrogen-bond donors (Lipinski definition) is 2. The highest BCUT2D eigenvalue weighted by molar-refractivity contribution is 6.30. The average Bonchev–Trinajstić information content (AvgIpc) is 2.61. The molecule has 7 nitrogen and oxygen atoms in total. The van der Waals surface area contributed by atoms with Crippen LogP contribution in [0.2, 0.25) is 5.02 Å². The number of ether oxygens (including phenoxy) is 2. The van der Waals surface area contributed by atoms with E-state index in [0.717, 1.165) is 5.56 Å². The normalized spacial score (nSPS) is 17.6. The van der Waals surface area contributed by atoms with E-state index in [9.17, 15) is 14.4 Å². The van der Waals surface area contributed by atoms with Crippen LogP contribution in [0.3, 0.4) is 0 Å². The van der Waals surface area contributed by atoms with Gasteiger partial charge in [-0.15, -0.1) is 0 Å². The number of carbonyl (C=O) groups excluding carboxylic acids is 3. The number of amides is 2. The molecule has 2 rings (SSSR count). The Kier molecular flexibility index (Phi) is 7.45. The van der Waals surface area contributed by atoms with E-state index in [1.54, 1.807) is 38.1 Å². The van der Waals surface area contributed by atoms with Crippen molar-refractivity contribution in [2.24, 2.45) is 5.92 Å². The van der Waals surface area contributed by atoms with Gasteiger partial charge in [0, 0.05) is 5.02 Å². The van der Waals surface area contributed by atoms with Crippen molar-refractivity contribution in [2.75, 3.05) is 13.2 Å². The van der Waals surface area contributed by atoms with Gasteiger partial charge in [-0.2, -0.15) is 0 Å². The fourth-order valence-electron chi connectivity index (χ4n) is 3.09. The summed E-state index contributed by atoms with van der Waals surface area (Å²) in [4.78, 5) is 36.8. The molecule has 1 aliphatic heterocycles. The van der Waals surface area contributed by atoms with Crippen LogP contribution in [0.1, 0.15) is 39.2 Å². The molecule has 2 atom stereocenters. The fourth-order valence-corrected chi connectivity index (χ4v) is 3.22. The molecule has 152 valence electrons. The molecule has 8 heteroatoms. The van der Waals surface area contributed by atoms with Gasteiger partial charge in [0.05, 0.1) is 29.8 Å². The number of hydrogen-bond acceptors (Lipinski definition) is 5. The average molecular weight is 409 g/mol. The SMILES string of the molecule is CCOC(=O)C1=C(COC(=O)[C@@H](c2ccc(Cl)cc2)C(C)C)NC(=O)N[C@@H]1C. The minimum absolute atomic E-state index is 0.0197. The van der Waals surface area contributed by atoms with Crippen LogP contribution in [-0.2, 0) is 19.1 Å². The van der Waals surface area contributed by atoms with E-state index >= 15 is 0 Å². The van der Waals surface area contributed by atoms with E-state index < -0.39 is 29.9 Å². The number of benzene rings is 1. The monoisotopic (exact) mass is 408 g/mol. The second-order valence-electron chi connectivity index (χ2n) is 6.81. The van der Waals surface area contributed by atoms with Crippen molar-refractivity contribution < 1.29 is 23.9 Å². The molecule has 2 amide bonds. The van der Waals surface area contributed by atoms with Crippen LogP contribution in [0, 0.1) is 5.92 Å². The summed E-state index contributed by atoms with van der Waals surface area (Å²) in [6, 6.07) is 5.98. The summed E-state index contributed by atoms with van der Waals surface area (Å²) in [6.07, 6.45) is 0. The summed E-state index contributed by atoms with van der Waals surface area (Å²) >= 11 is 5.92. The summed E-state index contributed by atoms with van der Waals surface area (Å²) in [5.74, 6) is -1.53. The van der Waals surface area contributed by atoms with Crippen molar-refractivity contribution in [3.63, 3.8) is 0 Å². The first kappa shape index (κ1) is 21.8. The molecule has 0 saturated carbocycles. The highest BCUT2D eigenvalue weighted by Crippen LogP contribution is 2.27. The van der Waals surface area contributed by atoms with Crippen LogP contribution in [0.15, 0.2) is 35.5 Å². The maximum atomic E-state index is 12.8. The lowest BCUT2D eigenvalue weighted by molar-refractivity contribution is -0.146. The number of urea groups is 1. The lowest BCUT2D eigenvalue weighted by atomic mass is 9.88. The molecule has 1 aromatic rings. The number of rotatable bonds is 7. The Hall–Kier alpha value is -2.54. The van der Waals surface area contributed by atoms with Crippen molar-refractivity contribution >= 4 is 29.6 Å². The van der Waals surface area contributed by atoms with Gasteiger partial charge in [0.15, 0.2) is 0 Å². The number of nitrogens with one attached hydrogen (secondary N) is 2. The summed E-state index contributed by atoms with van der Waals surface area (Å²) in [5.41, 5.74) is 1.25. The van der Waals surface area contributed by atoms with Crippen molar-refractivity contribution in [1.82, 2.24) is 10.6 Å². The van der Waals surface area contributed by atoms with Crippen molar-refractivity contribution in [3.05, 3.63) is 46.1 Å². The first-order chi connectivity index (χ1) is 13.2. The fraction of sp³-hybridized carbons (Fsp3) is 0.450. The highest BCUT2D eigenvalue weighted by atomic mass is 35.5. The zero-order chi connectivity index (χ0) is 20.8. The molecule has 2 N–H and O–H groups in total. The first-order valence-electron chi connectivity index (χ1n) is 9.14. The summed E-state index contributed by atoms with van der Waals surface area (Å²) < 4.78 is 10.5. The van der Waals surface area contributed by atoms with Gasteiger partial charge in [0.2, 0.25) is 0 Å². The van der Waals surface area contributed by atoms with Crippen LogP contribution in [0.4, 0.5) is 4.79 Å². The van der Waals surface area contributed by atoms with Gasteiger partial charge in [-0.05, 0) is 37.5 Å². The second kappa shape index (κ2) is 9.59. The molecule has 28 heavy (non-hydrogen) atoms. The van der Waals surface area contributed by atoms with E-state index in [2.05, 4.69) is 10.6 Å². The minimum atomic E-state index is -0.563. The van der Waals surface area contributed by atoms with Crippen LogP contribution in [0.5, 0.6) is 0 Å². The molecular weight excluding hydrogens is 384 g/mol. The number of halogens is 1.